The Kier molecular flexibility index (Phi) is 4.04. The molecule has 2 aliphatic rings. The highest BCUT2D eigenvalue weighted by Crippen LogP contribution is 2.47. The van der Waals surface area contributed by atoms with Crippen molar-refractivity contribution in [2.24, 2.45) is 17.8 Å². The van der Waals surface area contributed by atoms with Crippen LogP contribution in [0.25, 0.3) is 0 Å². The molecule has 3 atom stereocenters. The molecule has 2 heteroatoms. The van der Waals surface area contributed by atoms with Crippen molar-refractivity contribution in [1.29, 1.82) is 0 Å². The smallest absolute Gasteiger partial charge is 0.154 e. The van der Waals surface area contributed by atoms with Gasteiger partial charge in [0.2, 0.25) is 0 Å². The summed E-state index contributed by atoms with van der Waals surface area (Å²) < 4.78 is 5.25. The van der Waals surface area contributed by atoms with Crippen molar-refractivity contribution in [3.63, 3.8) is 0 Å². The first kappa shape index (κ1) is 11.4. The molecule has 88 valence electrons. The third kappa shape index (κ3) is 3.18. The monoisotopic (exact) mass is 212 g/mol. The lowest BCUT2D eigenvalue weighted by Gasteiger charge is -2.33. The molecular weight excluding hydrogens is 188 g/mol. The van der Waals surface area contributed by atoms with Crippen LogP contribution >= 0.6 is 0 Å². The Balaban J connectivity index is 1.81. The zero-order valence-electron chi connectivity index (χ0n) is 9.82. The summed E-state index contributed by atoms with van der Waals surface area (Å²) in [6.07, 6.45) is 8.70. The summed E-state index contributed by atoms with van der Waals surface area (Å²) in [4.78, 5) is 0. The Morgan fingerprint density at radius 1 is 1.20 bits per heavy atom. The van der Waals surface area contributed by atoms with Crippen LogP contribution in [0.15, 0.2) is 0 Å². The second-order valence-electron chi connectivity index (χ2n) is 5.19. The Hall–Kier alpha value is -0.0800. The van der Waals surface area contributed by atoms with Gasteiger partial charge in [-0.15, -0.1) is 0 Å². The molecule has 0 bridgehead atoms. The highest BCUT2D eigenvalue weighted by Gasteiger charge is 2.38. The molecule has 0 amide bonds. The van der Waals surface area contributed by atoms with Crippen molar-refractivity contribution in [3.8, 4) is 0 Å². The second kappa shape index (κ2) is 5.31. The number of hydrogen-bond donors (Lipinski definition) is 1. The Bertz CT molecular complexity index is 189. The van der Waals surface area contributed by atoms with E-state index in [1.807, 2.05) is 6.92 Å². The third-order valence-corrected chi connectivity index (χ3v) is 4.06. The minimum atomic E-state index is -0.514. The number of rotatable bonds is 5. The quantitative estimate of drug-likeness (QED) is 0.710. The molecule has 0 spiro atoms. The molecule has 0 radical (unpaired) electrons. The molecule has 0 heterocycles. The summed E-state index contributed by atoms with van der Waals surface area (Å²) in [6.45, 7) is 2.57. The standard InChI is InChI=1S/C13H24O2/c1-2-15-13(14)9-11-5-3-4-6-12(11)10-7-8-10/h10-14H,2-9H2,1H3. The molecule has 0 aromatic carbocycles. The van der Waals surface area contributed by atoms with E-state index in [1.54, 1.807) is 0 Å². The van der Waals surface area contributed by atoms with Gasteiger partial charge >= 0.3 is 0 Å². The van der Waals surface area contributed by atoms with Crippen LogP contribution in [-0.4, -0.2) is 18.0 Å². The zero-order chi connectivity index (χ0) is 10.7. The number of hydrogen-bond acceptors (Lipinski definition) is 2. The van der Waals surface area contributed by atoms with Gasteiger partial charge in [-0.1, -0.05) is 12.8 Å². The highest BCUT2D eigenvalue weighted by molar-refractivity contribution is 4.88. The molecular formula is C13H24O2. The molecule has 2 nitrogen and oxygen atoms in total. The van der Waals surface area contributed by atoms with E-state index in [-0.39, 0.29) is 0 Å². The van der Waals surface area contributed by atoms with Gasteiger partial charge in [-0.25, -0.2) is 0 Å². The predicted molar refractivity (Wildman–Crippen MR) is 60.4 cm³/mol. The van der Waals surface area contributed by atoms with Crippen LogP contribution in [0, 0.1) is 17.8 Å². The Labute approximate surface area is 93.0 Å². The van der Waals surface area contributed by atoms with Gasteiger partial charge in [0.1, 0.15) is 0 Å². The fourth-order valence-electron chi connectivity index (χ4n) is 3.19. The molecule has 2 rings (SSSR count). The van der Waals surface area contributed by atoms with Gasteiger partial charge in [-0.05, 0) is 50.4 Å². The fourth-order valence-corrected chi connectivity index (χ4v) is 3.19. The predicted octanol–water partition coefficient (Wildman–Crippen LogP) is 2.95. The molecule has 0 aromatic rings. The molecule has 3 unspecified atom stereocenters. The topological polar surface area (TPSA) is 29.5 Å². The molecule has 0 aliphatic heterocycles. The maximum atomic E-state index is 9.70. The summed E-state index contributed by atoms with van der Waals surface area (Å²) >= 11 is 0. The second-order valence-corrected chi connectivity index (χ2v) is 5.19. The van der Waals surface area contributed by atoms with Crippen molar-refractivity contribution >= 4 is 0 Å². The molecule has 15 heavy (non-hydrogen) atoms. The summed E-state index contributed by atoms with van der Waals surface area (Å²) in [6, 6.07) is 0. The minimum Gasteiger partial charge on any atom is -0.368 e. The van der Waals surface area contributed by atoms with Crippen molar-refractivity contribution < 1.29 is 9.84 Å². The van der Waals surface area contributed by atoms with E-state index < -0.39 is 6.29 Å². The first-order valence-corrected chi connectivity index (χ1v) is 6.61. The first-order valence-electron chi connectivity index (χ1n) is 6.61. The van der Waals surface area contributed by atoms with Crippen LogP contribution < -0.4 is 0 Å². The van der Waals surface area contributed by atoms with E-state index in [9.17, 15) is 5.11 Å². The van der Waals surface area contributed by atoms with Gasteiger partial charge in [0.25, 0.3) is 0 Å². The van der Waals surface area contributed by atoms with Gasteiger partial charge in [0, 0.05) is 13.0 Å². The Morgan fingerprint density at radius 3 is 2.60 bits per heavy atom. The number of aliphatic hydroxyl groups is 1. The summed E-state index contributed by atoms with van der Waals surface area (Å²) in [5.41, 5.74) is 0. The maximum absolute atomic E-state index is 9.70. The minimum absolute atomic E-state index is 0.514. The van der Waals surface area contributed by atoms with Gasteiger partial charge < -0.3 is 9.84 Å². The van der Waals surface area contributed by atoms with Gasteiger partial charge in [-0.3, -0.25) is 0 Å². The Morgan fingerprint density at radius 2 is 1.93 bits per heavy atom. The first-order chi connectivity index (χ1) is 7.31. The summed E-state index contributed by atoms with van der Waals surface area (Å²) in [5, 5.41) is 9.70. The van der Waals surface area contributed by atoms with Gasteiger partial charge in [0.15, 0.2) is 6.29 Å². The van der Waals surface area contributed by atoms with Crippen LogP contribution in [0.5, 0.6) is 0 Å². The summed E-state index contributed by atoms with van der Waals surface area (Å²) in [5.74, 6) is 2.62. The average Bonchev–Trinajstić information content (AvgIpc) is 3.02. The number of ether oxygens (including phenoxy) is 1. The van der Waals surface area contributed by atoms with E-state index in [1.165, 1.54) is 38.5 Å². The molecule has 0 saturated heterocycles. The highest BCUT2D eigenvalue weighted by atomic mass is 16.6. The maximum Gasteiger partial charge on any atom is 0.154 e. The molecule has 2 fully saturated rings. The zero-order valence-corrected chi connectivity index (χ0v) is 9.82. The van der Waals surface area contributed by atoms with E-state index in [0.29, 0.717) is 6.61 Å². The molecule has 2 saturated carbocycles. The molecule has 0 aromatic heterocycles. The lowest BCUT2D eigenvalue weighted by molar-refractivity contribution is -0.113. The van der Waals surface area contributed by atoms with Crippen LogP contribution in [0.3, 0.4) is 0 Å². The molecule has 1 N–H and O–H groups in total. The summed E-state index contributed by atoms with van der Waals surface area (Å²) in [7, 11) is 0. The molecule has 2 aliphatic carbocycles. The van der Waals surface area contributed by atoms with E-state index >= 15 is 0 Å². The van der Waals surface area contributed by atoms with E-state index in [0.717, 1.165) is 24.2 Å². The fraction of sp³-hybridized carbons (Fsp3) is 1.00. The van der Waals surface area contributed by atoms with Crippen LogP contribution in [0.1, 0.15) is 51.9 Å². The normalized spacial score (nSPS) is 34.0. The van der Waals surface area contributed by atoms with E-state index in [2.05, 4.69) is 0 Å². The lowest BCUT2D eigenvalue weighted by atomic mass is 9.75. The SMILES string of the molecule is CCOC(O)CC1CCCCC1C1CC1. The van der Waals surface area contributed by atoms with Crippen molar-refractivity contribution in [2.75, 3.05) is 6.61 Å². The lowest BCUT2D eigenvalue weighted by Crippen LogP contribution is -2.26. The average molecular weight is 212 g/mol. The van der Waals surface area contributed by atoms with Crippen molar-refractivity contribution in [2.45, 2.75) is 58.2 Å². The largest absolute Gasteiger partial charge is 0.368 e. The van der Waals surface area contributed by atoms with Crippen molar-refractivity contribution in [1.82, 2.24) is 0 Å². The third-order valence-electron chi connectivity index (χ3n) is 4.06. The van der Waals surface area contributed by atoms with Crippen LogP contribution in [-0.2, 0) is 4.74 Å². The van der Waals surface area contributed by atoms with E-state index in [4.69, 9.17) is 4.74 Å². The van der Waals surface area contributed by atoms with Gasteiger partial charge in [0.05, 0.1) is 0 Å². The van der Waals surface area contributed by atoms with Gasteiger partial charge in [-0.2, -0.15) is 0 Å². The van der Waals surface area contributed by atoms with Crippen molar-refractivity contribution in [3.05, 3.63) is 0 Å². The van der Waals surface area contributed by atoms with Crippen LogP contribution in [0.2, 0.25) is 0 Å². The van der Waals surface area contributed by atoms with Crippen LogP contribution in [0.4, 0.5) is 0 Å². The number of aliphatic hydroxyl groups excluding tert-OH is 1.